The van der Waals surface area contributed by atoms with Gasteiger partial charge in [0.15, 0.2) is 5.82 Å². The van der Waals surface area contributed by atoms with Gasteiger partial charge >= 0.3 is 0 Å². The van der Waals surface area contributed by atoms with Gasteiger partial charge in [-0.15, -0.1) is 0 Å². The normalized spacial score (nSPS) is 18.2. The fourth-order valence-electron chi connectivity index (χ4n) is 5.37. The van der Waals surface area contributed by atoms with E-state index in [-0.39, 0.29) is 11.7 Å². The molecular weight excluding hydrogens is 446 g/mol. The number of hydrogen-bond acceptors (Lipinski definition) is 4. The minimum atomic E-state index is -0.0621. The number of allylic oxidation sites excluding steroid dienone is 8. The number of carbonyl (C=O) groups excluding carboxylic acids is 1. The van der Waals surface area contributed by atoms with Crippen LogP contribution in [0.2, 0.25) is 0 Å². The highest BCUT2D eigenvalue weighted by Crippen LogP contribution is 2.36. The van der Waals surface area contributed by atoms with E-state index >= 15 is 0 Å². The topological polar surface area (TPSA) is 75.1 Å². The molecule has 3 aliphatic rings. The highest BCUT2D eigenvalue weighted by molar-refractivity contribution is 5.92. The number of hydrogen-bond donors (Lipinski definition) is 2. The molecule has 0 radical (unpaired) electrons. The second-order valence-electron chi connectivity index (χ2n) is 9.91. The molecule has 5 heteroatoms. The number of nitrogens with one attached hydrogen (secondary N) is 1. The van der Waals surface area contributed by atoms with Crippen molar-refractivity contribution in [3.63, 3.8) is 0 Å². The van der Waals surface area contributed by atoms with E-state index in [1.165, 1.54) is 31.3 Å². The van der Waals surface area contributed by atoms with Crippen molar-refractivity contribution in [2.45, 2.75) is 57.8 Å². The Hall–Kier alpha value is -3.73. The molecule has 1 amide bonds. The van der Waals surface area contributed by atoms with Crippen LogP contribution in [-0.2, 0) is 24.1 Å². The van der Waals surface area contributed by atoms with E-state index in [4.69, 9.17) is 9.97 Å². The maximum atomic E-state index is 13.0. The summed E-state index contributed by atoms with van der Waals surface area (Å²) in [6.45, 7) is 3.68. The Morgan fingerprint density at radius 2 is 2.00 bits per heavy atom. The summed E-state index contributed by atoms with van der Waals surface area (Å²) in [4.78, 5) is 23.1. The first-order chi connectivity index (χ1) is 17.6. The van der Waals surface area contributed by atoms with Crippen molar-refractivity contribution < 1.29 is 9.90 Å². The van der Waals surface area contributed by atoms with Crippen LogP contribution in [0, 0.1) is 5.92 Å². The number of anilines is 1. The minimum absolute atomic E-state index is 0.0621. The van der Waals surface area contributed by atoms with Gasteiger partial charge in [0.1, 0.15) is 5.75 Å². The Kier molecular flexibility index (Phi) is 7.26. The molecule has 1 fully saturated rings. The first kappa shape index (κ1) is 24.0. The van der Waals surface area contributed by atoms with Gasteiger partial charge in [-0.2, -0.15) is 0 Å². The van der Waals surface area contributed by atoms with E-state index in [1.807, 2.05) is 30.4 Å². The van der Waals surface area contributed by atoms with Crippen LogP contribution in [-0.4, -0.2) is 21.0 Å². The largest absolute Gasteiger partial charge is 0.508 e. The third kappa shape index (κ3) is 5.56. The number of aryl methyl sites for hydroxylation is 2. The summed E-state index contributed by atoms with van der Waals surface area (Å²) < 4.78 is 0. The SMILES string of the molecule is C=C/C=C\C=C1\C=CC(CC(=O)Nc2nc3c(nc2CC2CCCC2)-c2ccc(O)cc2CC3)=CC1. The molecule has 3 aliphatic carbocycles. The number of phenolic OH excluding ortho intramolecular Hbond substituents is 1. The van der Waals surface area contributed by atoms with Gasteiger partial charge in [-0.1, -0.05) is 74.8 Å². The zero-order valence-corrected chi connectivity index (χ0v) is 20.7. The van der Waals surface area contributed by atoms with Crippen LogP contribution in [0.1, 0.15) is 55.5 Å². The van der Waals surface area contributed by atoms with Gasteiger partial charge in [0, 0.05) is 5.56 Å². The lowest BCUT2D eigenvalue weighted by atomic mass is 9.91. The number of amides is 1. The first-order valence-electron chi connectivity index (χ1n) is 13.0. The summed E-state index contributed by atoms with van der Waals surface area (Å²) in [5, 5.41) is 13.0. The van der Waals surface area contributed by atoms with Gasteiger partial charge < -0.3 is 10.4 Å². The predicted octanol–water partition coefficient (Wildman–Crippen LogP) is 6.56. The molecular formula is C31H33N3O2. The molecule has 1 heterocycles. The Bertz CT molecular complexity index is 1290. The maximum absolute atomic E-state index is 13.0. The van der Waals surface area contributed by atoms with Crippen LogP contribution in [0.25, 0.3) is 11.3 Å². The van der Waals surface area contributed by atoms with Crippen LogP contribution < -0.4 is 5.32 Å². The highest BCUT2D eigenvalue weighted by Gasteiger charge is 2.25. The summed E-state index contributed by atoms with van der Waals surface area (Å²) in [5.74, 6) is 1.42. The van der Waals surface area contributed by atoms with Gasteiger partial charge in [-0.3, -0.25) is 4.79 Å². The van der Waals surface area contributed by atoms with Gasteiger partial charge in [-0.25, -0.2) is 9.97 Å². The number of aromatic nitrogens is 2. The molecule has 1 aromatic heterocycles. The zero-order valence-electron chi connectivity index (χ0n) is 20.7. The lowest BCUT2D eigenvalue weighted by Crippen LogP contribution is -2.19. The van der Waals surface area contributed by atoms with Gasteiger partial charge in [-0.05, 0) is 66.5 Å². The molecule has 184 valence electrons. The molecule has 0 unspecified atom stereocenters. The Morgan fingerprint density at radius 3 is 2.78 bits per heavy atom. The van der Waals surface area contributed by atoms with Gasteiger partial charge in [0.05, 0.1) is 23.5 Å². The first-order valence-corrected chi connectivity index (χ1v) is 13.0. The molecule has 2 aromatic rings. The van der Waals surface area contributed by atoms with E-state index in [9.17, 15) is 9.90 Å². The summed E-state index contributed by atoms with van der Waals surface area (Å²) in [6.07, 6.45) is 22.3. The van der Waals surface area contributed by atoms with Crippen molar-refractivity contribution in [3.8, 4) is 17.0 Å². The van der Waals surface area contributed by atoms with Crippen molar-refractivity contribution in [1.82, 2.24) is 9.97 Å². The quantitative estimate of drug-likeness (QED) is 0.441. The third-order valence-electron chi connectivity index (χ3n) is 7.26. The molecule has 5 nitrogen and oxygen atoms in total. The van der Waals surface area contributed by atoms with Crippen molar-refractivity contribution in [2.24, 2.45) is 5.92 Å². The number of phenols is 1. The molecule has 1 aromatic carbocycles. The predicted molar refractivity (Wildman–Crippen MR) is 145 cm³/mol. The summed E-state index contributed by atoms with van der Waals surface area (Å²) >= 11 is 0. The van der Waals surface area contributed by atoms with E-state index in [0.717, 1.165) is 59.5 Å². The number of fused-ring (bicyclic) bond motifs is 3. The average molecular weight is 480 g/mol. The van der Waals surface area contributed by atoms with Gasteiger partial charge in [0.2, 0.25) is 5.91 Å². The smallest absolute Gasteiger partial charge is 0.229 e. The Balaban J connectivity index is 1.36. The molecule has 0 atom stereocenters. The van der Waals surface area contributed by atoms with E-state index in [1.54, 1.807) is 12.1 Å². The van der Waals surface area contributed by atoms with Crippen molar-refractivity contribution in [1.29, 1.82) is 0 Å². The van der Waals surface area contributed by atoms with Crippen LogP contribution in [0.5, 0.6) is 5.75 Å². The average Bonchev–Trinajstić information content (AvgIpc) is 3.38. The summed E-state index contributed by atoms with van der Waals surface area (Å²) in [6, 6.07) is 5.48. The lowest BCUT2D eigenvalue weighted by Gasteiger charge is -2.22. The Morgan fingerprint density at radius 1 is 1.14 bits per heavy atom. The molecule has 0 saturated heterocycles. The van der Waals surface area contributed by atoms with Crippen molar-refractivity contribution in [2.75, 3.05) is 5.32 Å². The van der Waals surface area contributed by atoms with Crippen LogP contribution >= 0.6 is 0 Å². The zero-order chi connectivity index (χ0) is 24.9. The van der Waals surface area contributed by atoms with E-state index in [2.05, 4.69) is 30.1 Å². The number of aromatic hydroxyl groups is 1. The monoisotopic (exact) mass is 479 g/mol. The molecule has 0 aliphatic heterocycles. The van der Waals surface area contributed by atoms with Crippen LogP contribution in [0.15, 0.2) is 78.5 Å². The summed E-state index contributed by atoms with van der Waals surface area (Å²) in [5.41, 5.74) is 7.03. The summed E-state index contributed by atoms with van der Waals surface area (Å²) in [7, 11) is 0. The Labute approximate surface area is 213 Å². The number of rotatable bonds is 7. The standard InChI is InChI=1S/C31H33N3O2/c1-2-3-4-7-21-10-12-23(13-11-21)19-29(36)34-31-28(18-22-8-5-6-9-22)32-30-26-16-15-25(35)20-24(26)14-17-27(30)33-31/h2-4,7,10,12-13,15-16,20,22,35H,1,5-6,8-9,11,14,17-19H2,(H,33,34,36)/b4-3-,21-7-. The fourth-order valence-corrected chi connectivity index (χ4v) is 5.37. The molecule has 36 heavy (non-hydrogen) atoms. The maximum Gasteiger partial charge on any atom is 0.229 e. The second-order valence-corrected chi connectivity index (χ2v) is 9.91. The second kappa shape index (κ2) is 10.9. The number of nitrogens with zero attached hydrogens (tertiary/aromatic N) is 2. The number of carbonyl (C=O) groups is 1. The fraction of sp³-hybridized carbons (Fsp3) is 0.323. The lowest BCUT2D eigenvalue weighted by molar-refractivity contribution is -0.115. The molecule has 2 N–H and O–H groups in total. The van der Waals surface area contributed by atoms with Crippen molar-refractivity contribution in [3.05, 3.63) is 95.4 Å². The molecule has 5 rings (SSSR count). The van der Waals surface area contributed by atoms with Crippen molar-refractivity contribution >= 4 is 11.7 Å². The molecule has 0 spiro atoms. The molecule has 0 bridgehead atoms. The minimum Gasteiger partial charge on any atom is -0.508 e. The van der Waals surface area contributed by atoms with Crippen LogP contribution in [0.3, 0.4) is 0 Å². The van der Waals surface area contributed by atoms with E-state index in [0.29, 0.717) is 18.2 Å². The van der Waals surface area contributed by atoms with E-state index < -0.39 is 0 Å². The molecule has 1 saturated carbocycles. The highest BCUT2D eigenvalue weighted by atomic mass is 16.3. The number of benzene rings is 1. The van der Waals surface area contributed by atoms with Crippen LogP contribution in [0.4, 0.5) is 5.82 Å². The third-order valence-corrected chi connectivity index (χ3v) is 7.26. The van der Waals surface area contributed by atoms with Gasteiger partial charge in [0.25, 0.3) is 0 Å².